The zero-order valence-corrected chi connectivity index (χ0v) is 17.5. The largest absolute Gasteiger partial charge is 0.493 e. The summed E-state index contributed by atoms with van der Waals surface area (Å²) in [7, 11) is 0. The molecule has 0 heterocycles. The summed E-state index contributed by atoms with van der Waals surface area (Å²) in [6, 6.07) is 13.7. The van der Waals surface area contributed by atoms with Crippen molar-refractivity contribution in [2.75, 3.05) is 6.61 Å². The summed E-state index contributed by atoms with van der Waals surface area (Å²) in [6.07, 6.45) is 9.98. The average molecular weight is 378 g/mol. The molecule has 28 heavy (non-hydrogen) atoms. The molecule has 6 rings (SSSR count). The highest BCUT2D eigenvalue weighted by Gasteiger charge is 2.52. The van der Waals surface area contributed by atoms with E-state index in [0.29, 0.717) is 11.5 Å². The number of hydrogen-bond donors (Lipinski definition) is 1. The Morgan fingerprint density at radius 3 is 2.36 bits per heavy atom. The minimum Gasteiger partial charge on any atom is -0.493 e. The normalized spacial score (nSPS) is 32.0. The predicted octanol–water partition coefficient (Wildman–Crippen LogP) is 6.32. The topological polar surface area (TPSA) is 21.3 Å². The van der Waals surface area contributed by atoms with E-state index in [1.165, 1.54) is 54.9 Å². The summed E-state index contributed by atoms with van der Waals surface area (Å²) in [5.41, 5.74) is 1.88. The molecule has 4 fully saturated rings. The highest BCUT2D eigenvalue weighted by molar-refractivity contribution is 5.87. The van der Waals surface area contributed by atoms with Crippen LogP contribution in [0.1, 0.15) is 64.4 Å². The summed E-state index contributed by atoms with van der Waals surface area (Å²) in [6.45, 7) is 6.33. The molecule has 0 amide bonds. The molecule has 2 nitrogen and oxygen atoms in total. The lowest BCUT2D eigenvalue weighted by molar-refractivity contribution is -0.0706. The fourth-order valence-electron chi connectivity index (χ4n) is 7.03. The number of rotatable bonds is 7. The van der Waals surface area contributed by atoms with E-state index >= 15 is 0 Å². The molecule has 2 heteroatoms. The molecule has 150 valence electrons. The van der Waals surface area contributed by atoms with Gasteiger partial charge in [-0.2, -0.15) is 0 Å². The van der Waals surface area contributed by atoms with E-state index in [-0.39, 0.29) is 0 Å². The summed E-state index contributed by atoms with van der Waals surface area (Å²) in [5, 5.41) is 6.63. The van der Waals surface area contributed by atoms with E-state index in [4.69, 9.17) is 4.74 Å². The van der Waals surface area contributed by atoms with Gasteiger partial charge in [-0.15, -0.1) is 0 Å². The van der Waals surface area contributed by atoms with E-state index < -0.39 is 0 Å². The SMILES string of the molecule is CCCOc1ccc2ccccc2c1CNC(C)C12CC3CC(CC(C3)C1)C2. The van der Waals surface area contributed by atoms with Crippen LogP contribution in [0, 0.1) is 23.2 Å². The molecule has 4 bridgehead atoms. The average Bonchev–Trinajstić information content (AvgIpc) is 2.69. The Bertz CT molecular complexity index is 806. The summed E-state index contributed by atoms with van der Waals surface area (Å²) in [4.78, 5) is 0. The first-order chi connectivity index (χ1) is 13.7. The first kappa shape index (κ1) is 18.5. The minimum absolute atomic E-state index is 0.545. The molecule has 4 aliphatic rings. The van der Waals surface area contributed by atoms with E-state index in [1.54, 1.807) is 0 Å². The molecule has 1 N–H and O–H groups in total. The maximum atomic E-state index is 6.14. The van der Waals surface area contributed by atoms with Gasteiger partial charge in [-0.05, 0) is 91.9 Å². The van der Waals surface area contributed by atoms with Crippen LogP contribution in [-0.2, 0) is 6.54 Å². The van der Waals surface area contributed by atoms with Gasteiger partial charge in [0.1, 0.15) is 5.75 Å². The molecular formula is C26H35NO. The summed E-state index contributed by atoms with van der Waals surface area (Å²) >= 11 is 0. The molecule has 4 aliphatic carbocycles. The Morgan fingerprint density at radius 1 is 1.00 bits per heavy atom. The Morgan fingerprint density at radius 2 is 1.68 bits per heavy atom. The molecule has 0 aliphatic heterocycles. The van der Waals surface area contributed by atoms with Crippen LogP contribution in [0.3, 0.4) is 0 Å². The highest BCUT2D eigenvalue weighted by atomic mass is 16.5. The molecule has 0 spiro atoms. The van der Waals surface area contributed by atoms with Crippen molar-refractivity contribution >= 4 is 10.8 Å². The van der Waals surface area contributed by atoms with Crippen molar-refractivity contribution in [3.8, 4) is 5.75 Å². The molecular weight excluding hydrogens is 342 g/mol. The first-order valence-corrected chi connectivity index (χ1v) is 11.5. The maximum Gasteiger partial charge on any atom is 0.124 e. The third-order valence-corrected chi connectivity index (χ3v) is 8.05. The van der Waals surface area contributed by atoms with Gasteiger partial charge in [-0.25, -0.2) is 0 Å². The van der Waals surface area contributed by atoms with Gasteiger partial charge in [0.2, 0.25) is 0 Å². The fourth-order valence-corrected chi connectivity index (χ4v) is 7.03. The Kier molecular flexibility index (Phi) is 4.87. The van der Waals surface area contributed by atoms with Crippen LogP contribution in [0.15, 0.2) is 36.4 Å². The first-order valence-electron chi connectivity index (χ1n) is 11.5. The number of benzene rings is 2. The molecule has 0 aromatic heterocycles. The second-order valence-electron chi connectivity index (χ2n) is 9.99. The lowest BCUT2D eigenvalue weighted by atomic mass is 9.48. The van der Waals surface area contributed by atoms with Crippen molar-refractivity contribution in [2.45, 2.75) is 71.4 Å². The van der Waals surface area contributed by atoms with Crippen LogP contribution in [0.4, 0.5) is 0 Å². The lowest BCUT2D eigenvalue weighted by Gasteiger charge is -2.59. The molecule has 2 aromatic carbocycles. The number of nitrogens with one attached hydrogen (secondary N) is 1. The lowest BCUT2D eigenvalue weighted by Crippen LogP contribution is -2.54. The van der Waals surface area contributed by atoms with Gasteiger partial charge >= 0.3 is 0 Å². The second kappa shape index (κ2) is 7.37. The van der Waals surface area contributed by atoms with Crippen molar-refractivity contribution in [1.82, 2.24) is 5.32 Å². The van der Waals surface area contributed by atoms with Crippen molar-refractivity contribution in [3.05, 3.63) is 42.0 Å². The van der Waals surface area contributed by atoms with Gasteiger partial charge < -0.3 is 10.1 Å². The molecule has 0 saturated heterocycles. The number of fused-ring (bicyclic) bond motifs is 1. The molecule has 2 aromatic rings. The van der Waals surface area contributed by atoms with Crippen LogP contribution >= 0.6 is 0 Å². The van der Waals surface area contributed by atoms with E-state index in [9.17, 15) is 0 Å². The minimum atomic E-state index is 0.545. The summed E-state index contributed by atoms with van der Waals surface area (Å²) < 4.78 is 6.14. The quantitative estimate of drug-likeness (QED) is 0.609. The van der Waals surface area contributed by atoms with Gasteiger partial charge in [0.05, 0.1) is 6.61 Å². The van der Waals surface area contributed by atoms with E-state index in [0.717, 1.165) is 43.1 Å². The van der Waals surface area contributed by atoms with Crippen molar-refractivity contribution in [2.24, 2.45) is 23.2 Å². The molecule has 4 saturated carbocycles. The van der Waals surface area contributed by atoms with Crippen LogP contribution in [0.25, 0.3) is 10.8 Å². The standard InChI is InChI=1S/C26H35NO/c1-3-10-28-25-9-8-22-6-4-5-7-23(22)24(25)17-27-18(2)26-14-19-11-20(15-26)13-21(12-19)16-26/h4-9,18-21,27H,3,10-17H2,1-2H3. The Balaban J connectivity index is 1.38. The van der Waals surface area contributed by atoms with E-state index in [2.05, 4.69) is 55.6 Å². The smallest absolute Gasteiger partial charge is 0.124 e. The zero-order chi connectivity index (χ0) is 19.1. The molecule has 1 atom stereocenters. The van der Waals surface area contributed by atoms with Crippen LogP contribution in [-0.4, -0.2) is 12.6 Å². The highest BCUT2D eigenvalue weighted by Crippen LogP contribution is 2.61. The van der Waals surface area contributed by atoms with Crippen LogP contribution in [0.5, 0.6) is 5.75 Å². The third kappa shape index (κ3) is 3.24. The van der Waals surface area contributed by atoms with Crippen LogP contribution in [0.2, 0.25) is 0 Å². The van der Waals surface area contributed by atoms with E-state index in [1.807, 2.05) is 0 Å². The summed E-state index contributed by atoms with van der Waals surface area (Å²) in [5.74, 6) is 4.09. The number of hydrogen-bond acceptors (Lipinski definition) is 2. The van der Waals surface area contributed by atoms with Crippen molar-refractivity contribution in [1.29, 1.82) is 0 Å². The predicted molar refractivity (Wildman–Crippen MR) is 117 cm³/mol. The molecule has 0 radical (unpaired) electrons. The maximum absolute atomic E-state index is 6.14. The monoisotopic (exact) mass is 377 g/mol. The van der Waals surface area contributed by atoms with Gasteiger partial charge in [-0.1, -0.05) is 37.3 Å². The van der Waals surface area contributed by atoms with Crippen molar-refractivity contribution in [3.63, 3.8) is 0 Å². The fraction of sp³-hybridized carbons (Fsp3) is 0.615. The second-order valence-corrected chi connectivity index (χ2v) is 9.99. The third-order valence-electron chi connectivity index (χ3n) is 8.05. The van der Waals surface area contributed by atoms with Gasteiger partial charge in [0.25, 0.3) is 0 Å². The Hall–Kier alpha value is -1.54. The van der Waals surface area contributed by atoms with Crippen LogP contribution < -0.4 is 10.1 Å². The molecule has 1 unspecified atom stereocenters. The number of ether oxygens (including phenoxy) is 1. The van der Waals surface area contributed by atoms with Gasteiger partial charge in [0, 0.05) is 18.2 Å². The Labute approximate surface area is 170 Å². The zero-order valence-electron chi connectivity index (χ0n) is 17.5. The van der Waals surface area contributed by atoms with Gasteiger partial charge in [-0.3, -0.25) is 0 Å². The van der Waals surface area contributed by atoms with Crippen molar-refractivity contribution < 1.29 is 4.74 Å². The van der Waals surface area contributed by atoms with Gasteiger partial charge in [0.15, 0.2) is 0 Å².